The van der Waals surface area contributed by atoms with Gasteiger partial charge in [-0.2, -0.15) is 0 Å². The van der Waals surface area contributed by atoms with Crippen molar-refractivity contribution in [3.8, 4) is 11.5 Å². The molecule has 2 aromatic carbocycles. The topological polar surface area (TPSA) is 89.9 Å². The smallest absolute Gasteiger partial charge is 0.347 e. The fraction of sp³-hybridized carbons (Fsp3) is 0. The summed E-state index contributed by atoms with van der Waals surface area (Å²) in [5.41, 5.74) is 0.404. The number of fused-ring (bicyclic) bond motifs is 1. The summed E-state index contributed by atoms with van der Waals surface area (Å²) in [6, 6.07) is 10.3. The standard InChI is InChI=1S/C15H8O6/c16-13(17)8-2-1-3-9(6-8)20-10-4-5-11-12(7-10)15(19)21-14(11)18/h1-7H,(H,16,17). The highest BCUT2D eigenvalue weighted by Gasteiger charge is 2.29. The van der Waals surface area contributed by atoms with E-state index in [1.165, 1.54) is 30.3 Å². The Kier molecular flexibility index (Phi) is 2.91. The summed E-state index contributed by atoms with van der Waals surface area (Å²) in [7, 11) is 0. The number of aromatic carboxylic acids is 1. The van der Waals surface area contributed by atoms with Crippen molar-refractivity contribution in [2.24, 2.45) is 0 Å². The molecule has 0 spiro atoms. The number of esters is 2. The van der Waals surface area contributed by atoms with Crippen molar-refractivity contribution in [1.29, 1.82) is 0 Å². The molecule has 2 aromatic rings. The summed E-state index contributed by atoms with van der Waals surface area (Å²) in [6.45, 7) is 0. The average Bonchev–Trinajstić information content (AvgIpc) is 2.74. The number of carboxylic acid groups (broad SMARTS) is 1. The van der Waals surface area contributed by atoms with Crippen LogP contribution in [0.15, 0.2) is 42.5 Å². The van der Waals surface area contributed by atoms with Crippen molar-refractivity contribution >= 4 is 17.9 Å². The molecule has 1 heterocycles. The van der Waals surface area contributed by atoms with Crippen LogP contribution in [0, 0.1) is 0 Å². The van der Waals surface area contributed by atoms with Gasteiger partial charge in [-0.3, -0.25) is 0 Å². The third-order valence-electron chi connectivity index (χ3n) is 2.93. The molecule has 0 bridgehead atoms. The number of rotatable bonds is 3. The zero-order valence-electron chi connectivity index (χ0n) is 10.5. The first-order valence-electron chi connectivity index (χ1n) is 5.96. The van der Waals surface area contributed by atoms with Crippen LogP contribution < -0.4 is 4.74 Å². The summed E-state index contributed by atoms with van der Waals surface area (Å²) in [5, 5.41) is 8.91. The lowest BCUT2D eigenvalue weighted by molar-refractivity contribution is 0.0443. The Morgan fingerprint density at radius 3 is 2.43 bits per heavy atom. The van der Waals surface area contributed by atoms with Gasteiger partial charge in [-0.15, -0.1) is 0 Å². The maximum absolute atomic E-state index is 11.4. The molecule has 0 saturated heterocycles. The van der Waals surface area contributed by atoms with Crippen LogP contribution in [0.4, 0.5) is 0 Å². The average molecular weight is 284 g/mol. The monoisotopic (exact) mass is 284 g/mol. The minimum absolute atomic E-state index is 0.0863. The van der Waals surface area contributed by atoms with Gasteiger partial charge in [0.15, 0.2) is 0 Å². The Morgan fingerprint density at radius 2 is 1.67 bits per heavy atom. The van der Waals surface area contributed by atoms with E-state index in [4.69, 9.17) is 9.84 Å². The van der Waals surface area contributed by atoms with Crippen molar-refractivity contribution in [3.05, 3.63) is 59.2 Å². The summed E-state index contributed by atoms with van der Waals surface area (Å²) < 4.78 is 9.97. The zero-order valence-corrected chi connectivity index (χ0v) is 10.5. The first-order valence-corrected chi connectivity index (χ1v) is 5.96. The van der Waals surface area contributed by atoms with Gasteiger partial charge in [0.2, 0.25) is 0 Å². The minimum atomic E-state index is -1.07. The van der Waals surface area contributed by atoms with Crippen LogP contribution in [0.2, 0.25) is 0 Å². The second kappa shape index (κ2) is 4.75. The largest absolute Gasteiger partial charge is 0.478 e. The summed E-state index contributed by atoms with van der Waals surface area (Å²) in [6.07, 6.45) is 0. The second-order valence-electron chi connectivity index (χ2n) is 4.32. The molecular weight excluding hydrogens is 276 g/mol. The number of cyclic esters (lactones) is 2. The van der Waals surface area contributed by atoms with Crippen LogP contribution in [0.5, 0.6) is 11.5 Å². The Balaban J connectivity index is 1.91. The molecule has 1 aliphatic heterocycles. The molecule has 3 rings (SSSR count). The SMILES string of the molecule is O=C(O)c1cccc(Oc2ccc3c(c2)C(=O)OC3=O)c1. The highest BCUT2D eigenvalue weighted by Crippen LogP contribution is 2.28. The third kappa shape index (κ3) is 2.34. The molecule has 6 heteroatoms. The number of benzene rings is 2. The van der Waals surface area contributed by atoms with Crippen molar-refractivity contribution in [2.45, 2.75) is 0 Å². The van der Waals surface area contributed by atoms with Crippen molar-refractivity contribution in [1.82, 2.24) is 0 Å². The zero-order chi connectivity index (χ0) is 15.0. The van der Waals surface area contributed by atoms with Gasteiger partial charge >= 0.3 is 17.9 Å². The molecular formula is C15H8O6. The quantitative estimate of drug-likeness (QED) is 0.688. The third-order valence-corrected chi connectivity index (χ3v) is 2.93. The van der Waals surface area contributed by atoms with Crippen LogP contribution >= 0.6 is 0 Å². The molecule has 21 heavy (non-hydrogen) atoms. The minimum Gasteiger partial charge on any atom is -0.478 e. The summed E-state index contributed by atoms with van der Waals surface area (Å²) in [4.78, 5) is 33.6. The van der Waals surface area contributed by atoms with Gasteiger partial charge < -0.3 is 14.6 Å². The van der Waals surface area contributed by atoms with E-state index in [2.05, 4.69) is 4.74 Å². The number of carboxylic acids is 1. The molecule has 0 aromatic heterocycles. The van der Waals surface area contributed by atoms with E-state index < -0.39 is 17.9 Å². The molecule has 0 atom stereocenters. The number of carbonyl (C=O) groups excluding carboxylic acids is 2. The second-order valence-corrected chi connectivity index (χ2v) is 4.32. The van der Waals surface area contributed by atoms with Gasteiger partial charge in [0.05, 0.1) is 16.7 Å². The number of ether oxygens (including phenoxy) is 2. The molecule has 0 radical (unpaired) electrons. The maximum Gasteiger partial charge on any atom is 0.347 e. The van der Waals surface area contributed by atoms with Gasteiger partial charge in [0.25, 0.3) is 0 Å². The van der Waals surface area contributed by atoms with Crippen molar-refractivity contribution in [2.75, 3.05) is 0 Å². The first-order chi connectivity index (χ1) is 10.0. The summed E-state index contributed by atoms with van der Waals surface area (Å²) in [5.74, 6) is -1.85. The maximum atomic E-state index is 11.4. The predicted octanol–water partition coefficient (Wildman–Crippen LogP) is 2.49. The Bertz CT molecular complexity index is 777. The lowest BCUT2D eigenvalue weighted by Crippen LogP contribution is -1.97. The van der Waals surface area contributed by atoms with E-state index >= 15 is 0 Å². The Morgan fingerprint density at radius 1 is 0.952 bits per heavy atom. The lowest BCUT2D eigenvalue weighted by Gasteiger charge is -2.06. The van der Waals surface area contributed by atoms with Gasteiger partial charge in [-0.1, -0.05) is 6.07 Å². The molecule has 0 fully saturated rings. The molecule has 1 aliphatic rings. The van der Waals surface area contributed by atoms with Crippen molar-refractivity contribution in [3.63, 3.8) is 0 Å². The normalized spacial score (nSPS) is 12.8. The Hall–Kier alpha value is -3.15. The van der Waals surface area contributed by atoms with Gasteiger partial charge in [0.1, 0.15) is 11.5 Å². The van der Waals surface area contributed by atoms with E-state index in [9.17, 15) is 14.4 Å². The highest BCUT2D eigenvalue weighted by molar-refractivity contribution is 6.14. The van der Waals surface area contributed by atoms with Crippen molar-refractivity contribution < 1.29 is 29.0 Å². The van der Waals surface area contributed by atoms with Crippen LogP contribution in [0.3, 0.4) is 0 Å². The molecule has 0 unspecified atom stereocenters. The van der Waals surface area contributed by atoms with Crippen LogP contribution in [0.1, 0.15) is 31.1 Å². The molecule has 0 saturated carbocycles. The first kappa shape index (κ1) is 12.9. The van der Waals surface area contributed by atoms with E-state index in [-0.39, 0.29) is 16.7 Å². The van der Waals surface area contributed by atoms with Crippen LogP contribution in [-0.4, -0.2) is 23.0 Å². The molecule has 104 valence electrons. The molecule has 0 aliphatic carbocycles. The van der Waals surface area contributed by atoms with Gasteiger partial charge in [-0.25, -0.2) is 14.4 Å². The number of hydrogen-bond acceptors (Lipinski definition) is 5. The van der Waals surface area contributed by atoms with Crippen LogP contribution in [-0.2, 0) is 4.74 Å². The van der Waals surface area contributed by atoms with E-state index in [1.54, 1.807) is 12.1 Å². The predicted molar refractivity (Wildman–Crippen MR) is 69.7 cm³/mol. The summed E-state index contributed by atoms with van der Waals surface area (Å²) >= 11 is 0. The fourth-order valence-corrected chi connectivity index (χ4v) is 1.96. The lowest BCUT2D eigenvalue weighted by atomic mass is 10.1. The van der Waals surface area contributed by atoms with Gasteiger partial charge in [0, 0.05) is 0 Å². The fourth-order valence-electron chi connectivity index (χ4n) is 1.96. The highest BCUT2D eigenvalue weighted by atomic mass is 16.6. The van der Waals surface area contributed by atoms with Crippen LogP contribution in [0.25, 0.3) is 0 Å². The number of hydrogen-bond donors (Lipinski definition) is 1. The molecule has 0 amide bonds. The van der Waals surface area contributed by atoms with E-state index in [0.717, 1.165) is 0 Å². The molecule has 6 nitrogen and oxygen atoms in total. The Labute approximate surface area is 118 Å². The van der Waals surface area contributed by atoms with E-state index in [0.29, 0.717) is 11.5 Å². The van der Waals surface area contributed by atoms with Gasteiger partial charge in [-0.05, 0) is 36.4 Å². The van der Waals surface area contributed by atoms with E-state index in [1.807, 2.05) is 0 Å². The molecule has 1 N–H and O–H groups in total. The number of carbonyl (C=O) groups is 3.